The molecule has 0 saturated carbocycles. The van der Waals surface area contributed by atoms with Crippen LogP contribution >= 0.6 is 11.3 Å². The van der Waals surface area contributed by atoms with Crippen molar-refractivity contribution in [3.63, 3.8) is 0 Å². The molecule has 2 heterocycles. The number of hydrogen-bond donors (Lipinski definition) is 1. The Hall–Kier alpha value is -1.73. The molecular weight excluding hydrogens is 256 g/mol. The van der Waals surface area contributed by atoms with E-state index >= 15 is 0 Å². The first-order chi connectivity index (χ1) is 8.69. The quantitative estimate of drug-likeness (QED) is 0.822. The van der Waals surface area contributed by atoms with E-state index in [9.17, 15) is 9.59 Å². The Labute approximate surface area is 106 Å². The Morgan fingerprint density at radius 1 is 1.61 bits per heavy atom. The van der Waals surface area contributed by atoms with Crippen LogP contribution in [0.2, 0.25) is 0 Å². The SMILES string of the molecule is CCOC(=O)c1csc2ncn(CCO)c(=O)c12. The molecule has 7 heteroatoms. The molecule has 0 saturated heterocycles. The zero-order chi connectivity index (χ0) is 13.1. The van der Waals surface area contributed by atoms with Crippen molar-refractivity contribution in [2.24, 2.45) is 0 Å². The van der Waals surface area contributed by atoms with Crippen LogP contribution in [0.1, 0.15) is 17.3 Å². The normalized spacial score (nSPS) is 10.8. The van der Waals surface area contributed by atoms with Gasteiger partial charge in [0, 0.05) is 5.38 Å². The molecule has 0 bridgehead atoms. The lowest BCUT2D eigenvalue weighted by Gasteiger charge is -2.03. The molecule has 0 unspecified atom stereocenters. The first-order valence-electron chi connectivity index (χ1n) is 5.43. The van der Waals surface area contributed by atoms with Crippen LogP contribution in [0.15, 0.2) is 16.5 Å². The number of esters is 1. The van der Waals surface area contributed by atoms with E-state index < -0.39 is 5.97 Å². The van der Waals surface area contributed by atoms with Gasteiger partial charge in [-0.1, -0.05) is 0 Å². The van der Waals surface area contributed by atoms with Crippen molar-refractivity contribution in [3.8, 4) is 0 Å². The second-order valence-electron chi connectivity index (χ2n) is 3.52. The van der Waals surface area contributed by atoms with Crippen LogP contribution in [0, 0.1) is 0 Å². The van der Waals surface area contributed by atoms with Gasteiger partial charge < -0.3 is 9.84 Å². The highest BCUT2D eigenvalue weighted by Crippen LogP contribution is 2.21. The maximum absolute atomic E-state index is 12.1. The van der Waals surface area contributed by atoms with E-state index in [1.165, 1.54) is 22.2 Å². The third kappa shape index (κ3) is 2.14. The van der Waals surface area contributed by atoms with Crippen LogP contribution in [-0.4, -0.2) is 33.8 Å². The van der Waals surface area contributed by atoms with Gasteiger partial charge in [-0.3, -0.25) is 9.36 Å². The van der Waals surface area contributed by atoms with Gasteiger partial charge in [-0.2, -0.15) is 0 Å². The van der Waals surface area contributed by atoms with Crippen molar-refractivity contribution in [2.45, 2.75) is 13.5 Å². The maximum atomic E-state index is 12.1. The van der Waals surface area contributed by atoms with E-state index in [4.69, 9.17) is 9.84 Å². The van der Waals surface area contributed by atoms with Gasteiger partial charge in [0.1, 0.15) is 4.83 Å². The van der Waals surface area contributed by atoms with Crippen molar-refractivity contribution in [2.75, 3.05) is 13.2 Å². The van der Waals surface area contributed by atoms with Crippen molar-refractivity contribution in [1.29, 1.82) is 0 Å². The highest BCUT2D eigenvalue weighted by atomic mass is 32.1. The molecule has 1 N–H and O–H groups in total. The van der Waals surface area contributed by atoms with Gasteiger partial charge in [-0.15, -0.1) is 11.3 Å². The Kier molecular flexibility index (Phi) is 3.73. The van der Waals surface area contributed by atoms with Crippen molar-refractivity contribution in [1.82, 2.24) is 9.55 Å². The molecule has 6 nitrogen and oxygen atoms in total. The van der Waals surface area contributed by atoms with Crippen LogP contribution in [0.3, 0.4) is 0 Å². The summed E-state index contributed by atoms with van der Waals surface area (Å²) in [7, 11) is 0. The van der Waals surface area contributed by atoms with Gasteiger partial charge in [-0.05, 0) is 6.92 Å². The number of ether oxygens (including phenoxy) is 1. The monoisotopic (exact) mass is 268 g/mol. The number of thiophene rings is 1. The molecule has 2 aromatic rings. The zero-order valence-corrected chi connectivity index (χ0v) is 10.6. The summed E-state index contributed by atoms with van der Waals surface area (Å²) in [6.07, 6.45) is 1.37. The van der Waals surface area contributed by atoms with Gasteiger partial charge in [0.05, 0.1) is 37.0 Å². The molecule has 0 aliphatic rings. The summed E-state index contributed by atoms with van der Waals surface area (Å²) in [6.45, 7) is 1.95. The van der Waals surface area contributed by atoms with E-state index in [-0.39, 0.29) is 36.3 Å². The highest BCUT2D eigenvalue weighted by molar-refractivity contribution is 7.17. The number of aliphatic hydroxyl groups excluding tert-OH is 1. The largest absolute Gasteiger partial charge is 0.462 e. The van der Waals surface area contributed by atoms with Gasteiger partial charge in [0.15, 0.2) is 0 Å². The fraction of sp³-hybridized carbons (Fsp3) is 0.364. The van der Waals surface area contributed by atoms with E-state index in [2.05, 4.69) is 4.98 Å². The number of rotatable bonds is 4. The van der Waals surface area contributed by atoms with E-state index in [0.717, 1.165) is 0 Å². The van der Waals surface area contributed by atoms with Gasteiger partial charge in [0.2, 0.25) is 0 Å². The minimum atomic E-state index is -0.524. The Morgan fingerprint density at radius 3 is 3.06 bits per heavy atom. The summed E-state index contributed by atoms with van der Waals surface area (Å²) in [6, 6.07) is 0. The van der Waals surface area contributed by atoms with Crippen molar-refractivity contribution in [3.05, 3.63) is 27.6 Å². The smallest absolute Gasteiger partial charge is 0.339 e. The molecule has 2 aromatic heterocycles. The molecular formula is C11H12N2O4S. The van der Waals surface area contributed by atoms with Crippen LogP contribution in [-0.2, 0) is 11.3 Å². The van der Waals surface area contributed by atoms with Crippen LogP contribution in [0.4, 0.5) is 0 Å². The summed E-state index contributed by atoms with van der Waals surface area (Å²) in [5, 5.41) is 10.7. The first-order valence-corrected chi connectivity index (χ1v) is 6.31. The predicted octanol–water partition coefficient (Wildman–Crippen LogP) is 0.627. The predicted molar refractivity (Wildman–Crippen MR) is 66.9 cm³/mol. The van der Waals surface area contributed by atoms with Gasteiger partial charge in [-0.25, -0.2) is 9.78 Å². The van der Waals surface area contributed by atoms with Crippen molar-refractivity contribution < 1.29 is 14.6 Å². The number of nitrogens with zero attached hydrogens (tertiary/aromatic N) is 2. The summed E-state index contributed by atoms with van der Waals surface area (Å²) in [5.74, 6) is -0.524. The molecule has 0 spiro atoms. The van der Waals surface area contributed by atoms with Crippen LogP contribution < -0.4 is 5.56 Å². The first kappa shape index (κ1) is 12.7. The minimum Gasteiger partial charge on any atom is -0.462 e. The topological polar surface area (TPSA) is 81.4 Å². The number of carbonyl (C=O) groups excluding carboxylic acids is 1. The van der Waals surface area contributed by atoms with E-state index in [1.54, 1.807) is 12.3 Å². The third-order valence-electron chi connectivity index (χ3n) is 2.40. The van der Waals surface area contributed by atoms with Crippen LogP contribution in [0.25, 0.3) is 10.2 Å². The maximum Gasteiger partial charge on any atom is 0.339 e. The zero-order valence-electron chi connectivity index (χ0n) is 9.75. The van der Waals surface area contributed by atoms with E-state index in [1.807, 2.05) is 0 Å². The number of fused-ring (bicyclic) bond motifs is 1. The van der Waals surface area contributed by atoms with Crippen LogP contribution in [0.5, 0.6) is 0 Å². The molecule has 0 amide bonds. The summed E-state index contributed by atoms with van der Waals surface area (Å²) in [4.78, 5) is 28.4. The molecule has 0 aromatic carbocycles. The molecule has 2 rings (SSSR count). The number of aliphatic hydroxyl groups is 1. The molecule has 0 radical (unpaired) electrons. The third-order valence-corrected chi connectivity index (χ3v) is 3.28. The highest BCUT2D eigenvalue weighted by Gasteiger charge is 2.17. The second-order valence-corrected chi connectivity index (χ2v) is 4.37. The van der Waals surface area contributed by atoms with Gasteiger partial charge in [0.25, 0.3) is 5.56 Å². The average Bonchev–Trinajstić information content (AvgIpc) is 2.78. The summed E-state index contributed by atoms with van der Waals surface area (Å²) >= 11 is 1.22. The Morgan fingerprint density at radius 2 is 2.39 bits per heavy atom. The molecule has 0 atom stereocenters. The lowest BCUT2D eigenvalue weighted by atomic mass is 10.2. The number of aromatic nitrogens is 2. The number of carbonyl (C=O) groups is 1. The molecule has 0 aliphatic carbocycles. The average molecular weight is 268 g/mol. The molecule has 0 aliphatic heterocycles. The molecule has 96 valence electrons. The Bertz CT molecular complexity index is 631. The lowest BCUT2D eigenvalue weighted by Crippen LogP contribution is -2.23. The lowest BCUT2D eigenvalue weighted by molar-refractivity contribution is 0.0529. The Balaban J connectivity index is 2.59. The summed E-state index contributed by atoms with van der Waals surface area (Å²) < 4.78 is 6.17. The number of hydrogen-bond acceptors (Lipinski definition) is 6. The standard InChI is InChI=1S/C11H12N2O4S/c1-2-17-11(16)7-5-18-9-8(7)10(15)13(3-4-14)6-12-9/h5-6,14H,2-4H2,1H3. The van der Waals surface area contributed by atoms with E-state index in [0.29, 0.717) is 4.83 Å². The summed E-state index contributed by atoms with van der Waals surface area (Å²) in [5.41, 5.74) is -0.0972. The molecule has 0 fully saturated rings. The second kappa shape index (κ2) is 5.28. The molecule has 18 heavy (non-hydrogen) atoms. The fourth-order valence-electron chi connectivity index (χ4n) is 1.59. The van der Waals surface area contributed by atoms with Gasteiger partial charge >= 0.3 is 5.97 Å². The minimum absolute atomic E-state index is 0.153. The van der Waals surface area contributed by atoms with Crippen molar-refractivity contribution >= 4 is 27.5 Å². The fourth-order valence-corrected chi connectivity index (χ4v) is 2.46.